The molecular weight excluding hydrogens is 570 g/mol. The topological polar surface area (TPSA) is 186 Å². The number of Topliss-reactive ketones (excluding diaryl/α,β-unsaturated/α-hetero) is 1. The van der Waals surface area contributed by atoms with Gasteiger partial charge in [0.05, 0.1) is 19.2 Å². The van der Waals surface area contributed by atoms with Gasteiger partial charge in [-0.15, -0.1) is 0 Å². The van der Waals surface area contributed by atoms with Crippen molar-refractivity contribution in [1.29, 1.82) is 0 Å². The van der Waals surface area contributed by atoms with Gasteiger partial charge in [-0.2, -0.15) is 0 Å². The smallest absolute Gasteiger partial charge is 0.438 e. The molecule has 3 aliphatic carbocycles. The summed E-state index contributed by atoms with van der Waals surface area (Å²) in [6.07, 6.45) is 5.12. The Balaban J connectivity index is 1.49. The van der Waals surface area contributed by atoms with Crippen molar-refractivity contribution >= 4 is 35.7 Å². The number of methoxy groups -OCH3 is 1. The van der Waals surface area contributed by atoms with Crippen molar-refractivity contribution < 1.29 is 38.2 Å². The minimum atomic E-state index is -1.10. The molecule has 4 rings (SSSR count). The quantitative estimate of drug-likeness (QED) is 0.188. The molecule has 5 N–H and O–H groups in total. The summed E-state index contributed by atoms with van der Waals surface area (Å²) >= 11 is 0. The molecule has 4 aliphatic rings. The summed E-state index contributed by atoms with van der Waals surface area (Å²) in [7, 11) is 1.21. The van der Waals surface area contributed by atoms with Crippen LogP contribution in [-0.4, -0.2) is 85.0 Å². The van der Waals surface area contributed by atoms with Crippen molar-refractivity contribution in [3.05, 3.63) is 0 Å². The molecule has 2 unspecified atom stereocenters. The molecule has 0 aromatic carbocycles. The van der Waals surface area contributed by atoms with Crippen LogP contribution in [0.25, 0.3) is 0 Å². The zero-order chi connectivity index (χ0) is 32.6. The van der Waals surface area contributed by atoms with Crippen LogP contribution in [-0.2, 0) is 28.7 Å². The number of urea groups is 1. The molecule has 1 heterocycles. The van der Waals surface area contributed by atoms with Crippen LogP contribution < -0.4 is 21.7 Å². The molecular formula is C31H49N5O8. The number of rotatable bonds is 12. The summed E-state index contributed by atoms with van der Waals surface area (Å²) in [5, 5.41) is 8.49. The Morgan fingerprint density at radius 2 is 1.61 bits per heavy atom. The van der Waals surface area contributed by atoms with E-state index < -0.39 is 65.3 Å². The van der Waals surface area contributed by atoms with Crippen LogP contribution in [0.2, 0.25) is 0 Å². The van der Waals surface area contributed by atoms with Crippen LogP contribution in [0.5, 0.6) is 0 Å². The number of hydrogen-bond donors (Lipinski definition) is 4. The van der Waals surface area contributed by atoms with E-state index in [1.54, 1.807) is 0 Å². The first-order valence-electron chi connectivity index (χ1n) is 15.8. The maximum atomic E-state index is 14.2. The third-order valence-electron chi connectivity index (χ3n) is 10.4. The molecule has 13 nitrogen and oxygen atoms in total. The molecule has 1 saturated heterocycles. The van der Waals surface area contributed by atoms with Gasteiger partial charge in [0.1, 0.15) is 18.7 Å². The fourth-order valence-electron chi connectivity index (χ4n) is 7.05. The van der Waals surface area contributed by atoms with Gasteiger partial charge < -0.3 is 36.1 Å². The summed E-state index contributed by atoms with van der Waals surface area (Å²) in [6, 6.07) is -3.92. The number of hydrogen-bond acceptors (Lipinski definition) is 8. The average Bonchev–Trinajstić information content (AvgIpc) is 3.20. The third kappa shape index (κ3) is 7.12. The van der Waals surface area contributed by atoms with Crippen molar-refractivity contribution in [3.63, 3.8) is 0 Å². The van der Waals surface area contributed by atoms with Crippen LogP contribution in [0.3, 0.4) is 0 Å². The number of piperidine rings is 1. The van der Waals surface area contributed by atoms with E-state index in [0.717, 1.165) is 38.5 Å². The number of primary amides is 1. The number of carbonyl (C=O) groups excluding carboxylic acids is 6. The second-order valence-corrected chi connectivity index (χ2v) is 14.7. The fraction of sp³-hybridized carbons (Fsp3) is 0.806. The van der Waals surface area contributed by atoms with Crippen molar-refractivity contribution in [1.82, 2.24) is 20.9 Å². The molecule has 0 radical (unpaired) electrons. The highest BCUT2D eigenvalue weighted by atomic mass is 16.7. The van der Waals surface area contributed by atoms with Gasteiger partial charge >= 0.3 is 12.2 Å². The number of nitrogens with zero attached hydrogens (tertiary/aromatic N) is 1. The molecule has 0 bridgehead atoms. The summed E-state index contributed by atoms with van der Waals surface area (Å²) in [5.41, 5.74) is 4.41. The van der Waals surface area contributed by atoms with Crippen LogP contribution >= 0.6 is 0 Å². The van der Waals surface area contributed by atoms with E-state index in [9.17, 15) is 28.8 Å². The number of nitrogens with two attached hydrogens (primary N) is 1. The lowest BCUT2D eigenvalue weighted by molar-refractivity contribution is -0.145. The zero-order valence-electron chi connectivity index (χ0n) is 26.8. The van der Waals surface area contributed by atoms with Gasteiger partial charge in [-0.05, 0) is 53.8 Å². The molecule has 3 saturated carbocycles. The first kappa shape index (κ1) is 33.5. The predicted octanol–water partition coefficient (Wildman–Crippen LogP) is 1.86. The monoisotopic (exact) mass is 619 g/mol. The Kier molecular flexibility index (Phi) is 9.84. The molecule has 5 amide bonds. The van der Waals surface area contributed by atoms with Gasteiger partial charge in [0.15, 0.2) is 0 Å². The van der Waals surface area contributed by atoms with E-state index in [-0.39, 0.29) is 35.7 Å². The van der Waals surface area contributed by atoms with Crippen molar-refractivity contribution in [2.75, 3.05) is 20.3 Å². The highest BCUT2D eigenvalue weighted by molar-refractivity contribution is 6.37. The first-order chi connectivity index (χ1) is 20.6. The van der Waals surface area contributed by atoms with Crippen LogP contribution in [0.1, 0.15) is 79.6 Å². The van der Waals surface area contributed by atoms with Gasteiger partial charge in [0, 0.05) is 6.54 Å². The Hall–Kier alpha value is -3.38. The van der Waals surface area contributed by atoms with E-state index in [0.29, 0.717) is 13.0 Å². The molecule has 1 aliphatic heterocycles. The molecule has 6 atom stereocenters. The number of carbonyl (C=O) groups is 6. The molecule has 44 heavy (non-hydrogen) atoms. The highest BCUT2D eigenvalue weighted by Crippen LogP contribution is 2.65. The number of likely N-dealkylation sites (tertiary alicyclic amines) is 1. The van der Waals surface area contributed by atoms with Crippen LogP contribution in [0.4, 0.5) is 9.59 Å². The first-order valence-corrected chi connectivity index (χ1v) is 15.8. The Bertz CT molecular complexity index is 1160. The lowest BCUT2D eigenvalue weighted by atomic mass is 9.80. The molecule has 0 spiro atoms. The van der Waals surface area contributed by atoms with Crippen molar-refractivity contribution in [2.24, 2.45) is 40.2 Å². The van der Waals surface area contributed by atoms with E-state index in [1.165, 1.54) is 12.0 Å². The standard InChI is InChI=1S/C31H49N5O8/c1-30(2,3)24(35-28(41)34-20(17-11-8-12-17)15-44-29(42)43-6)27(40)36-14-18-21(31(18,4)5)22(36)26(39)33-19(23(37)25(32)38)13-16-9-7-10-16/h16-22,24H,7-15H2,1-6H3,(H2,32,38)(H,33,39)(H2,34,35,41)/t18-,19?,20+,21-,22?,24+/m0/s1. The minimum Gasteiger partial charge on any atom is -0.438 e. The second kappa shape index (κ2) is 12.9. The van der Waals surface area contributed by atoms with E-state index >= 15 is 0 Å². The third-order valence-corrected chi connectivity index (χ3v) is 10.4. The van der Waals surface area contributed by atoms with Crippen molar-refractivity contribution in [2.45, 2.75) is 104 Å². The summed E-state index contributed by atoms with van der Waals surface area (Å²) in [5.74, 6) is -2.53. The second-order valence-electron chi connectivity index (χ2n) is 14.7. The number of ketones is 1. The number of amides is 5. The van der Waals surface area contributed by atoms with Gasteiger partial charge in [-0.25, -0.2) is 9.59 Å². The fourth-order valence-corrected chi connectivity index (χ4v) is 7.05. The van der Waals surface area contributed by atoms with Gasteiger partial charge in [-0.3, -0.25) is 19.2 Å². The zero-order valence-corrected chi connectivity index (χ0v) is 26.8. The number of fused-ring (bicyclic) bond motifs is 1. The lowest BCUT2D eigenvalue weighted by Gasteiger charge is -2.39. The number of nitrogens with one attached hydrogen (secondary N) is 3. The SMILES string of the molecule is COC(=O)OC[C@@H](NC(=O)N[C@H](C(=O)N1C[C@H]2[C@@H](C1C(=O)NC(CC1CCC1)C(=O)C(N)=O)C2(C)C)C(C)(C)C)C1CCC1. The summed E-state index contributed by atoms with van der Waals surface area (Å²) < 4.78 is 9.66. The van der Waals surface area contributed by atoms with Crippen molar-refractivity contribution in [3.8, 4) is 0 Å². The van der Waals surface area contributed by atoms with Crippen LogP contribution in [0, 0.1) is 34.5 Å². The minimum absolute atomic E-state index is 0.0578. The Morgan fingerprint density at radius 3 is 2.11 bits per heavy atom. The van der Waals surface area contributed by atoms with Gasteiger partial charge in [0.2, 0.25) is 17.6 Å². The summed E-state index contributed by atoms with van der Waals surface area (Å²) in [4.78, 5) is 78.9. The predicted molar refractivity (Wildman–Crippen MR) is 159 cm³/mol. The maximum absolute atomic E-state index is 14.2. The maximum Gasteiger partial charge on any atom is 0.508 e. The normalized spacial score (nSPS) is 26.0. The molecule has 0 aromatic heterocycles. The van der Waals surface area contributed by atoms with E-state index in [1.807, 2.05) is 20.8 Å². The van der Waals surface area contributed by atoms with Gasteiger partial charge in [0.25, 0.3) is 5.91 Å². The highest BCUT2D eigenvalue weighted by Gasteiger charge is 2.70. The van der Waals surface area contributed by atoms with Gasteiger partial charge in [-0.1, -0.05) is 60.3 Å². The molecule has 4 fully saturated rings. The molecule has 246 valence electrons. The summed E-state index contributed by atoms with van der Waals surface area (Å²) in [6.45, 7) is 9.86. The average molecular weight is 620 g/mol. The Morgan fingerprint density at radius 1 is 0.977 bits per heavy atom. The molecule has 13 heteroatoms. The Labute approximate surface area is 259 Å². The largest absolute Gasteiger partial charge is 0.508 e. The molecule has 0 aromatic rings. The van der Waals surface area contributed by atoms with E-state index in [4.69, 9.17) is 10.5 Å². The van der Waals surface area contributed by atoms with Crippen LogP contribution in [0.15, 0.2) is 0 Å². The van der Waals surface area contributed by atoms with E-state index in [2.05, 4.69) is 34.5 Å². The lowest BCUT2D eigenvalue weighted by Crippen LogP contribution is -2.62. The number of ether oxygens (including phenoxy) is 2.